The largest absolute Gasteiger partial charge is 0.307 e. The van der Waals surface area contributed by atoms with Crippen LogP contribution in [0.3, 0.4) is 0 Å². The molecule has 0 saturated carbocycles. The number of para-hydroxylation sites is 3. The van der Waals surface area contributed by atoms with Gasteiger partial charge in [0.1, 0.15) is 0 Å². The summed E-state index contributed by atoms with van der Waals surface area (Å²) in [5, 5.41) is 15.5. The molecular formula is C48H28N2S. The summed E-state index contributed by atoms with van der Waals surface area (Å²) in [7, 11) is 0. The van der Waals surface area contributed by atoms with Crippen LogP contribution in [0.15, 0.2) is 170 Å². The molecule has 0 amide bonds. The first kappa shape index (κ1) is 27.4. The minimum atomic E-state index is 1.16. The molecule has 0 unspecified atom stereocenters. The SMILES string of the molecule is c1ccc(-n2c3ccccc3c3c4c5ccccc5c5ccccc5c4c4c5ccccc5n(-c5cccc6sc7ccccc7c56)c4c32)cc1. The van der Waals surface area contributed by atoms with Crippen molar-refractivity contribution in [1.29, 1.82) is 0 Å². The van der Waals surface area contributed by atoms with Crippen LogP contribution in [0.2, 0.25) is 0 Å². The fourth-order valence-corrected chi connectivity index (χ4v) is 10.3. The van der Waals surface area contributed by atoms with Gasteiger partial charge in [-0.3, -0.25) is 0 Å². The van der Waals surface area contributed by atoms with Crippen LogP contribution in [0.25, 0.3) is 107 Å². The fraction of sp³-hybridized carbons (Fsp3) is 0. The highest BCUT2D eigenvalue weighted by Crippen LogP contribution is 2.51. The third-order valence-corrected chi connectivity index (χ3v) is 12.2. The zero-order valence-electron chi connectivity index (χ0n) is 27.5. The maximum absolute atomic E-state index is 2.59. The van der Waals surface area contributed by atoms with Gasteiger partial charge in [0.2, 0.25) is 0 Å². The monoisotopic (exact) mass is 664 g/mol. The van der Waals surface area contributed by atoms with E-state index in [9.17, 15) is 0 Å². The molecule has 51 heavy (non-hydrogen) atoms. The molecular weight excluding hydrogens is 637 g/mol. The number of hydrogen-bond donors (Lipinski definition) is 0. The summed E-state index contributed by atoms with van der Waals surface area (Å²) >= 11 is 1.88. The third-order valence-electron chi connectivity index (χ3n) is 11.0. The number of benzene rings is 9. The summed E-state index contributed by atoms with van der Waals surface area (Å²) < 4.78 is 7.73. The smallest absolute Gasteiger partial charge is 0.0795 e. The quantitative estimate of drug-likeness (QED) is 0.163. The maximum Gasteiger partial charge on any atom is 0.0795 e. The summed E-state index contributed by atoms with van der Waals surface area (Å²) in [6, 6.07) is 62.8. The molecule has 0 N–H and O–H groups in total. The van der Waals surface area contributed by atoms with E-state index in [0.29, 0.717) is 0 Å². The number of nitrogens with zero attached hydrogens (tertiary/aromatic N) is 2. The van der Waals surface area contributed by atoms with Gasteiger partial charge in [-0.1, -0.05) is 127 Å². The standard InChI is InChI=1S/C48H28N2S/c1-2-15-29(16-3-1)49-37-24-11-8-21-34(37)45-43-32-19-6-4-17-30(32)31-18-5-7-20-33(31)44(43)46-35-22-9-12-25-38(35)50(48(46)47(45)49)39-26-14-28-41-42(39)36-23-10-13-27-40(36)51-41/h1-28H. The molecule has 3 heteroatoms. The Morgan fingerprint density at radius 3 is 1.41 bits per heavy atom. The van der Waals surface area contributed by atoms with Crippen molar-refractivity contribution in [1.82, 2.24) is 9.13 Å². The molecule has 2 nitrogen and oxygen atoms in total. The van der Waals surface area contributed by atoms with Gasteiger partial charge in [-0.2, -0.15) is 0 Å². The van der Waals surface area contributed by atoms with E-state index in [4.69, 9.17) is 0 Å². The van der Waals surface area contributed by atoms with Crippen LogP contribution in [0.1, 0.15) is 0 Å². The lowest BCUT2D eigenvalue weighted by Crippen LogP contribution is -1.99. The van der Waals surface area contributed by atoms with Crippen molar-refractivity contribution in [2.24, 2.45) is 0 Å². The first-order chi connectivity index (χ1) is 25.4. The van der Waals surface area contributed by atoms with Gasteiger partial charge >= 0.3 is 0 Å². The van der Waals surface area contributed by atoms with Crippen LogP contribution in [-0.2, 0) is 0 Å². The predicted octanol–water partition coefficient (Wildman–Crippen LogP) is 13.7. The molecule has 9 aromatic carbocycles. The number of hydrogen-bond acceptors (Lipinski definition) is 1. The van der Waals surface area contributed by atoms with E-state index in [0.717, 1.165) is 5.69 Å². The zero-order chi connectivity index (χ0) is 33.2. The van der Waals surface area contributed by atoms with Gasteiger partial charge in [0.05, 0.1) is 27.8 Å². The first-order valence-electron chi connectivity index (χ1n) is 17.5. The van der Waals surface area contributed by atoms with Crippen molar-refractivity contribution in [2.45, 2.75) is 0 Å². The average Bonchev–Trinajstić information content (AvgIpc) is 3.86. The molecule has 0 aliphatic heterocycles. The van der Waals surface area contributed by atoms with Crippen LogP contribution in [0.5, 0.6) is 0 Å². The Labute approximate surface area is 296 Å². The van der Waals surface area contributed by atoms with E-state index in [1.54, 1.807) is 0 Å². The van der Waals surface area contributed by atoms with Crippen LogP contribution in [0, 0.1) is 0 Å². The third kappa shape index (κ3) is 3.51. The van der Waals surface area contributed by atoms with Crippen LogP contribution in [0.4, 0.5) is 0 Å². The van der Waals surface area contributed by atoms with Crippen LogP contribution < -0.4 is 0 Å². The second-order valence-corrected chi connectivity index (χ2v) is 14.7. The molecule has 0 bridgehead atoms. The van der Waals surface area contributed by atoms with E-state index in [-0.39, 0.29) is 0 Å². The van der Waals surface area contributed by atoms with Crippen molar-refractivity contribution >= 4 is 107 Å². The Bertz CT molecular complexity index is 3410. The van der Waals surface area contributed by atoms with Crippen molar-refractivity contribution in [3.63, 3.8) is 0 Å². The van der Waals surface area contributed by atoms with Gasteiger partial charge in [-0.25, -0.2) is 0 Å². The number of fused-ring (bicyclic) bond motifs is 18. The highest BCUT2D eigenvalue weighted by molar-refractivity contribution is 7.25. The molecule has 0 aliphatic carbocycles. The molecule has 236 valence electrons. The first-order valence-corrected chi connectivity index (χ1v) is 18.4. The average molecular weight is 665 g/mol. The number of aromatic nitrogens is 2. The summed E-state index contributed by atoms with van der Waals surface area (Å²) in [4.78, 5) is 0. The molecule has 0 spiro atoms. The van der Waals surface area contributed by atoms with E-state index in [2.05, 4.69) is 179 Å². The normalized spacial score (nSPS) is 12.3. The van der Waals surface area contributed by atoms with Gasteiger partial charge in [0.15, 0.2) is 0 Å². The summed E-state index contributed by atoms with van der Waals surface area (Å²) in [6.45, 7) is 0. The number of thiophene rings is 1. The second kappa shape index (κ2) is 10.1. The van der Waals surface area contributed by atoms with Gasteiger partial charge in [0, 0.05) is 58.2 Å². The topological polar surface area (TPSA) is 9.86 Å². The lowest BCUT2D eigenvalue weighted by Gasteiger charge is -2.17. The Hall–Kier alpha value is -6.42. The summed E-state index contributed by atoms with van der Waals surface area (Å²) in [5.74, 6) is 0. The second-order valence-electron chi connectivity index (χ2n) is 13.6. The fourth-order valence-electron chi connectivity index (χ4n) is 9.13. The Kier molecular flexibility index (Phi) is 5.41. The molecule has 12 rings (SSSR count). The highest BCUT2D eigenvalue weighted by Gasteiger charge is 2.27. The molecule has 3 heterocycles. The molecule has 3 aromatic heterocycles. The van der Waals surface area contributed by atoms with E-state index >= 15 is 0 Å². The van der Waals surface area contributed by atoms with Crippen molar-refractivity contribution in [3.8, 4) is 11.4 Å². The van der Waals surface area contributed by atoms with Gasteiger partial charge in [-0.05, 0) is 64.0 Å². The Morgan fingerprint density at radius 1 is 0.294 bits per heavy atom. The van der Waals surface area contributed by atoms with Crippen molar-refractivity contribution in [3.05, 3.63) is 170 Å². The van der Waals surface area contributed by atoms with E-state index < -0.39 is 0 Å². The predicted molar refractivity (Wildman–Crippen MR) is 221 cm³/mol. The minimum Gasteiger partial charge on any atom is -0.307 e. The Morgan fingerprint density at radius 2 is 0.765 bits per heavy atom. The summed E-state index contributed by atoms with van der Waals surface area (Å²) in [6.07, 6.45) is 0. The van der Waals surface area contributed by atoms with Gasteiger partial charge in [0.25, 0.3) is 0 Å². The van der Waals surface area contributed by atoms with Crippen molar-refractivity contribution in [2.75, 3.05) is 0 Å². The molecule has 12 aromatic rings. The number of rotatable bonds is 2. The van der Waals surface area contributed by atoms with Gasteiger partial charge in [-0.15, -0.1) is 11.3 Å². The molecule has 0 fully saturated rings. The van der Waals surface area contributed by atoms with Crippen LogP contribution >= 0.6 is 11.3 Å². The van der Waals surface area contributed by atoms with Crippen molar-refractivity contribution < 1.29 is 0 Å². The Balaban J connectivity index is 1.49. The summed E-state index contributed by atoms with van der Waals surface area (Å²) in [5.41, 5.74) is 7.27. The molecule has 0 radical (unpaired) electrons. The lowest BCUT2D eigenvalue weighted by atomic mass is 9.89. The highest BCUT2D eigenvalue weighted by atomic mass is 32.1. The maximum atomic E-state index is 2.59. The minimum absolute atomic E-state index is 1.16. The van der Waals surface area contributed by atoms with Crippen LogP contribution in [-0.4, -0.2) is 9.13 Å². The van der Waals surface area contributed by atoms with Gasteiger partial charge < -0.3 is 9.13 Å². The lowest BCUT2D eigenvalue weighted by molar-refractivity contribution is 1.16. The molecule has 0 saturated heterocycles. The zero-order valence-corrected chi connectivity index (χ0v) is 28.3. The van der Waals surface area contributed by atoms with E-state index in [1.807, 2.05) is 11.3 Å². The molecule has 0 atom stereocenters. The molecule has 0 aliphatic rings. The van der Waals surface area contributed by atoms with E-state index in [1.165, 1.54) is 102 Å².